The number of carbonyl (C=O) groups is 2. The number of hydrogen-bond donors (Lipinski definition) is 2. The molecule has 0 unspecified atom stereocenters. The zero-order chi connectivity index (χ0) is 17.9. The van der Waals surface area contributed by atoms with Crippen LogP contribution in [0.5, 0.6) is 0 Å². The van der Waals surface area contributed by atoms with Gasteiger partial charge in [0.05, 0.1) is 5.54 Å². The maximum atomic E-state index is 11.9. The van der Waals surface area contributed by atoms with E-state index in [0.29, 0.717) is 0 Å². The Morgan fingerprint density at radius 2 is 1.65 bits per heavy atom. The van der Waals surface area contributed by atoms with Crippen molar-refractivity contribution in [2.45, 2.75) is 78.0 Å². The SMILES string of the molecule is CC(=O)NC1(C)CCN(CC(C)(C)NC(=O)OC(C)(C)C)CC1. The summed E-state index contributed by atoms with van der Waals surface area (Å²) in [4.78, 5) is 25.5. The third-order valence-electron chi connectivity index (χ3n) is 3.90. The molecule has 0 saturated carbocycles. The highest BCUT2D eigenvalue weighted by atomic mass is 16.6. The van der Waals surface area contributed by atoms with Gasteiger partial charge in [-0.05, 0) is 54.4 Å². The van der Waals surface area contributed by atoms with Crippen molar-refractivity contribution >= 4 is 12.0 Å². The van der Waals surface area contributed by atoms with E-state index in [0.717, 1.165) is 32.5 Å². The molecule has 2 N–H and O–H groups in total. The van der Waals surface area contributed by atoms with Crippen LogP contribution in [0, 0.1) is 0 Å². The number of amides is 2. The number of rotatable bonds is 4. The fraction of sp³-hybridized carbons (Fsp3) is 0.882. The maximum absolute atomic E-state index is 11.9. The molecule has 0 atom stereocenters. The summed E-state index contributed by atoms with van der Waals surface area (Å²) >= 11 is 0. The third kappa shape index (κ3) is 7.68. The van der Waals surface area contributed by atoms with Crippen molar-refractivity contribution in [1.29, 1.82) is 0 Å². The first-order chi connectivity index (χ1) is 10.3. The van der Waals surface area contributed by atoms with Crippen LogP contribution in [-0.4, -0.2) is 53.2 Å². The van der Waals surface area contributed by atoms with Crippen molar-refractivity contribution < 1.29 is 14.3 Å². The lowest BCUT2D eigenvalue weighted by Crippen LogP contribution is -2.57. The van der Waals surface area contributed by atoms with Crippen LogP contribution in [-0.2, 0) is 9.53 Å². The quantitative estimate of drug-likeness (QED) is 0.831. The molecule has 0 aromatic rings. The topological polar surface area (TPSA) is 70.7 Å². The molecule has 0 bridgehead atoms. The summed E-state index contributed by atoms with van der Waals surface area (Å²) in [5.74, 6) is 0.0212. The second-order valence-electron chi connectivity index (χ2n) is 8.53. The smallest absolute Gasteiger partial charge is 0.408 e. The molecule has 6 nitrogen and oxygen atoms in total. The highest BCUT2D eigenvalue weighted by molar-refractivity contribution is 5.73. The van der Waals surface area contributed by atoms with Gasteiger partial charge >= 0.3 is 6.09 Å². The standard InChI is InChI=1S/C17H33N3O3/c1-13(21)18-17(7)8-10-20(11-9-17)12-16(5,6)19-14(22)23-15(2,3)4/h8-12H2,1-7H3,(H,18,21)(H,19,22). The van der Waals surface area contributed by atoms with E-state index in [1.165, 1.54) is 0 Å². The van der Waals surface area contributed by atoms with E-state index in [9.17, 15) is 9.59 Å². The fourth-order valence-electron chi connectivity index (χ4n) is 2.93. The Hall–Kier alpha value is -1.30. The van der Waals surface area contributed by atoms with Gasteiger partial charge < -0.3 is 20.3 Å². The van der Waals surface area contributed by atoms with Crippen molar-refractivity contribution in [2.24, 2.45) is 0 Å². The van der Waals surface area contributed by atoms with Gasteiger partial charge in [0, 0.05) is 32.1 Å². The van der Waals surface area contributed by atoms with E-state index < -0.39 is 5.60 Å². The van der Waals surface area contributed by atoms with Gasteiger partial charge in [-0.3, -0.25) is 4.79 Å². The normalized spacial score (nSPS) is 19.1. The lowest BCUT2D eigenvalue weighted by atomic mass is 9.88. The van der Waals surface area contributed by atoms with Crippen molar-refractivity contribution in [3.63, 3.8) is 0 Å². The molecule has 1 saturated heterocycles. The van der Waals surface area contributed by atoms with Gasteiger partial charge in [-0.25, -0.2) is 4.79 Å². The summed E-state index contributed by atoms with van der Waals surface area (Å²) in [6.45, 7) is 15.8. The Kier molecular flexibility index (Phi) is 6.07. The number of hydrogen-bond acceptors (Lipinski definition) is 4. The zero-order valence-electron chi connectivity index (χ0n) is 15.7. The Balaban J connectivity index is 2.47. The van der Waals surface area contributed by atoms with Gasteiger partial charge in [0.1, 0.15) is 5.60 Å². The average Bonchev–Trinajstić information content (AvgIpc) is 2.27. The molecule has 2 amide bonds. The van der Waals surface area contributed by atoms with Gasteiger partial charge in [0.2, 0.25) is 5.91 Å². The zero-order valence-corrected chi connectivity index (χ0v) is 15.7. The second kappa shape index (κ2) is 7.07. The molecule has 1 heterocycles. The largest absolute Gasteiger partial charge is 0.444 e. The molecule has 0 aliphatic carbocycles. The molecule has 0 spiro atoms. The highest BCUT2D eigenvalue weighted by Gasteiger charge is 2.33. The van der Waals surface area contributed by atoms with Gasteiger partial charge in [-0.15, -0.1) is 0 Å². The van der Waals surface area contributed by atoms with Gasteiger partial charge in [0.25, 0.3) is 0 Å². The molecule has 0 aromatic carbocycles. The van der Waals surface area contributed by atoms with Gasteiger partial charge in [0.15, 0.2) is 0 Å². The summed E-state index contributed by atoms with van der Waals surface area (Å²) in [6.07, 6.45) is 1.44. The van der Waals surface area contributed by atoms with Crippen molar-refractivity contribution in [3.05, 3.63) is 0 Å². The minimum atomic E-state index is -0.495. The summed E-state index contributed by atoms with van der Waals surface area (Å²) < 4.78 is 5.32. The predicted octanol–water partition coefficient (Wildman–Crippen LogP) is 2.28. The van der Waals surface area contributed by atoms with Crippen LogP contribution in [0.15, 0.2) is 0 Å². The first-order valence-corrected chi connectivity index (χ1v) is 8.33. The molecular weight excluding hydrogens is 294 g/mol. The number of nitrogens with zero attached hydrogens (tertiary/aromatic N) is 1. The number of piperidine rings is 1. The Bertz CT molecular complexity index is 433. The molecule has 1 aliphatic heterocycles. The highest BCUT2D eigenvalue weighted by Crippen LogP contribution is 2.23. The first kappa shape index (κ1) is 19.7. The minimum absolute atomic E-state index is 0.0212. The monoisotopic (exact) mass is 327 g/mol. The van der Waals surface area contributed by atoms with Crippen LogP contribution < -0.4 is 10.6 Å². The number of ether oxygens (including phenoxy) is 1. The van der Waals surface area contributed by atoms with Gasteiger partial charge in [-0.2, -0.15) is 0 Å². The van der Waals surface area contributed by atoms with Crippen LogP contribution >= 0.6 is 0 Å². The maximum Gasteiger partial charge on any atom is 0.408 e. The molecule has 134 valence electrons. The predicted molar refractivity (Wildman–Crippen MR) is 91.3 cm³/mol. The Morgan fingerprint density at radius 1 is 1.13 bits per heavy atom. The van der Waals surface area contributed by atoms with Crippen molar-refractivity contribution in [2.75, 3.05) is 19.6 Å². The first-order valence-electron chi connectivity index (χ1n) is 8.33. The fourth-order valence-corrected chi connectivity index (χ4v) is 2.93. The number of carbonyl (C=O) groups excluding carboxylic acids is 2. The van der Waals surface area contributed by atoms with E-state index >= 15 is 0 Å². The van der Waals surface area contributed by atoms with E-state index in [1.54, 1.807) is 6.92 Å². The van der Waals surface area contributed by atoms with E-state index in [2.05, 4.69) is 22.5 Å². The van der Waals surface area contributed by atoms with E-state index in [4.69, 9.17) is 4.74 Å². The minimum Gasteiger partial charge on any atom is -0.444 e. The molecule has 1 fully saturated rings. The molecule has 0 aromatic heterocycles. The van der Waals surface area contributed by atoms with E-state index in [-0.39, 0.29) is 23.1 Å². The second-order valence-corrected chi connectivity index (χ2v) is 8.53. The van der Waals surface area contributed by atoms with E-state index in [1.807, 2.05) is 34.6 Å². The lowest BCUT2D eigenvalue weighted by molar-refractivity contribution is -0.121. The summed E-state index contributed by atoms with van der Waals surface area (Å²) in [6, 6.07) is 0. The average molecular weight is 327 g/mol. The molecule has 1 rings (SSSR count). The summed E-state index contributed by atoms with van der Waals surface area (Å²) in [5, 5.41) is 5.98. The van der Waals surface area contributed by atoms with Crippen LogP contribution in [0.1, 0.15) is 61.3 Å². The molecule has 1 aliphatic rings. The molecule has 0 radical (unpaired) electrons. The number of likely N-dealkylation sites (tertiary alicyclic amines) is 1. The molecule has 6 heteroatoms. The number of alkyl carbamates (subject to hydrolysis) is 1. The summed E-state index contributed by atoms with van der Waals surface area (Å²) in [5.41, 5.74) is -0.986. The van der Waals surface area contributed by atoms with Gasteiger partial charge in [-0.1, -0.05) is 0 Å². The molecule has 23 heavy (non-hydrogen) atoms. The molecular formula is C17H33N3O3. The van der Waals surface area contributed by atoms with Crippen molar-refractivity contribution in [3.8, 4) is 0 Å². The Morgan fingerprint density at radius 3 is 2.09 bits per heavy atom. The van der Waals surface area contributed by atoms with Crippen molar-refractivity contribution in [1.82, 2.24) is 15.5 Å². The summed E-state index contributed by atoms with van der Waals surface area (Å²) in [7, 11) is 0. The lowest BCUT2D eigenvalue weighted by Gasteiger charge is -2.42. The van der Waals surface area contributed by atoms with Crippen LogP contribution in [0.25, 0.3) is 0 Å². The van der Waals surface area contributed by atoms with Crippen LogP contribution in [0.4, 0.5) is 4.79 Å². The Labute approximate surface area is 140 Å². The number of nitrogens with one attached hydrogen (secondary N) is 2. The van der Waals surface area contributed by atoms with Crippen LogP contribution in [0.2, 0.25) is 0 Å². The van der Waals surface area contributed by atoms with Crippen LogP contribution in [0.3, 0.4) is 0 Å². The third-order valence-corrected chi connectivity index (χ3v) is 3.90.